The molecule has 8 heteroatoms. The Bertz CT molecular complexity index is 776. The van der Waals surface area contributed by atoms with Crippen molar-refractivity contribution in [2.24, 2.45) is 0 Å². The van der Waals surface area contributed by atoms with E-state index in [9.17, 15) is 9.59 Å². The van der Waals surface area contributed by atoms with E-state index in [-0.39, 0.29) is 18.3 Å². The third-order valence-electron chi connectivity index (χ3n) is 4.14. The summed E-state index contributed by atoms with van der Waals surface area (Å²) in [5.74, 6) is -0.649. The third-order valence-corrected chi connectivity index (χ3v) is 5.14. The molecule has 0 aliphatic carbocycles. The fourth-order valence-electron chi connectivity index (χ4n) is 2.85. The van der Waals surface area contributed by atoms with E-state index in [1.807, 2.05) is 0 Å². The van der Waals surface area contributed by atoms with Gasteiger partial charge in [0.2, 0.25) is 0 Å². The number of hydrogen-bond acceptors (Lipinski definition) is 6. The molecule has 140 valence electrons. The van der Waals surface area contributed by atoms with Gasteiger partial charge in [-0.2, -0.15) is 0 Å². The van der Waals surface area contributed by atoms with Gasteiger partial charge >= 0.3 is 5.97 Å². The number of thiazole rings is 1. The van der Waals surface area contributed by atoms with Gasteiger partial charge in [0.1, 0.15) is 0 Å². The summed E-state index contributed by atoms with van der Waals surface area (Å²) in [6, 6.07) is 6.38. The summed E-state index contributed by atoms with van der Waals surface area (Å²) in [6.07, 6.45) is 2.06. The molecule has 2 aromatic rings. The molecule has 2 heterocycles. The zero-order chi connectivity index (χ0) is 17.8. The molecule has 0 saturated heterocycles. The Labute approximate surface area is 163 Å². The predicted octanol–water partition coefficient (Wildman–Crippen LogP) is 3.37. The van der Waals surface area contributed by atoms with E-state index >= 15 is 0 Å². The molecule has 0 atom stereocenters. The molecule has 1 aromatic heterocycles. The quantitative estimate of drug-likeness (QED) is 0.786. The summed E-state index contributed by atoms with van der Waals surface area (Å²) in [6.45, 7) is 5.20. The van der Waals surface area contributed by atoms with Crippen molar-refractivity contribution in [3.05, 3.63) is 46.0 Å². The average molecular weight is 396 g/mol. The molecule has 0 radical (unpaired) electrons. The van der Waals surface area contributed by atoms with Crippen molar-refractivity contribution in [3.8, 4) is 0 Å². The number of hydrogen-bond donors (Lipinski definition) is 1. The van der Waals surface area contributed by atoms with Crippen molar-refractivity contribution in [2.75, 3.05) is 25.5 Å². The van der Waals surface area contributed by atoms with Gasteiger partial charge in [-0.05, 0) is 37.2 Å². The summed E-state index contributed by atoms with van der Waals surface area (Å²) in [5.41, 5.74) is 1.99. The number of halogens is 1. The molecule has 1 aromatic carbocycles. The topological polar surface area (TPSA) is 71.5 Å². The minimum atomic E-state index is -0.420. The van der Waals surface area contributed by atoms with Crippen LogP contribution in [-0.2, 0) is 17.7 Å². The van der Waals surface area contributed by atoms with Crippen LogP contribution in [0.15, 0.2) is 24.3 Å². The van der Waals surface area contributed by atoms with E-state index in [2.05, 4.69) is 26.9 Å². The van der Waals surface area contributed by atoms with Crippen LogP contribution >= 0.6 is 23.7 Å². The van der Waals surface area contributed by atoms with Crippen LogP contribution in [0.2, 0.25) is 0 Å². The highest BCUT2D eigenvalue weighted by Crippen LogP contribution is 2.28. The molecule has 0 bridgehead atoms. The lowest BCUT2D eigenvalue weighted by Gasteiger charge is -2.24. The molecule has 0 spiro atoms. The van der Waals surface area contributed by atoms with Crippen LogP contribution < -0.4 is 5.32 Å². The van der Waals surface area contributed by atoms with Crippen molar-refractivity contribution >= 4 is 40.8 Å². The van der Waals surface area contributed by atoms with Gasteiger partial charge in [-0.15, -0.1) is 23.7 Å². The smallest absolute Gasteiger partial charge is 0.337 e. The Hall–Kier alpha value is -1.96. The standard InChI is InChI=1S/C18H21N3O3S.ClH/c1-3-9-21-10-8-14-15(11-21)25-18(19-14)20-16(22)12-4-6-13(7-5-12)17(23)24-2;/h4-7H,3,8-11H2,1-2H3,(H,19,20,22);1H. The number of amides is 1. The minimum absolute atomic E-state index is 0. The van der Waals surface area contributed by atoms with Crippen molar-refractivity contribution in [1.29, 1.82) is 0 Å². The first kappa shape index (κ1) is 20.4. The number of carbonyl (C=O) groups is 2. The lowest BCUT2D eigenvalue weighted by Crippen LogP contribution is -2.30. The first-order valence-corrected chi connectivity index (χ1v) is 9.13. The fourth-order valence-corrected chi connectivity index (χ4v) is 3.90. The minimum Gasteiger partial charge on any atom is -0.465 e. The number of carbonyl (C=O) groups excluding carboxylic acids is 2. The molecular formula is C18H22ClN3O3S. The van der Waals surface area contributed by atoms with Crippen LogP contribution in [0.5, 0.6) is 0 Å². The number of benzene rings is 1. The van der Waals surface area contributed by atoms with Gasteiger partial charge in [-0.3, -0.25) is 15.0 Å². The molecule has 26 heavy (non-hydrogen) atoms. The van der Waals surface area contributed by atoms with E-state index < -0.39 is 5.97 Å². The van der Waals surface area contributed by atoms with E-state index in [1.165, 1.54) is 12.0 Å². The SMILES string of the molecule is CCCN1CCc2nc(NC(=O)c3ccc(C(=O)OC)cc3)sc2C1.Cl. The highest BCUT2D eigenvalue weighted by atomic mass is 35.5. The number of esters is 1. The number of ether oxygens (including phenoxy) is 1. The molecule has 1 aliphatic rings. The highest BCUT2D eigenvalue weighted by molar-refractivity contribution is 7.15. The van der Waals surface area contributed by atoms with Gasteiger partial charge in [0.05, 0.1) is 18.4 Å². The van der Waals surface area contributed by atoms with Crippen molar-refractivity contribution < 1.29 is 14.3 Å². The zero-order valence-electron chi connectivity index (χ0n) is 14.8. The Balaban J connectivity index is 0.00000243. The molecule has 1 N–H and O–H groups in total. The predicted molar refractivity (Wildman–Crippen MR) is 104 cm³/mol. The second kappa shape index (κ2) is 9.12. The van der Waals surface area contributed by atoms with Crippen LogP contribution in [-0.4, -0.2) is 42.0 Å². The third kappa shape index (κ3) is 4.60. The van der Waals surface area contributed by atoms with E-state index in [4.69, 9.17) is 0 Å². The molecule has 0 fully saturated rings. The summed E-state index contributed by atoms with van der Waals surface area (Å²) in [4.78, 5) is 32.0. The zero-order valence-corrected chi connectivity index (χ0v) is 16.4. The van der Waals surface area contributed by atoms with Crippen LogP contribution in [0.3, 0.4) is 0 Å². The largest absolute Gasteiger partial charge is 0.465 e. The Morgan fingerprint density at radius 1 is 1.27 bits per heavy atom. The van der Waals surface area contributed by atoms with Gasteiger partial charge in [0.15, 0.2) is 5.13 Å². The normalized spacial score (nSPS) is 13.5. The number of rotatable bonds is 5. The van der Waals surface area contributed by atoms with E-state index in [0.717, 1.165) is 38.2 Å². The maximum atomic E-state index is 12.4. The second-order valence-electron chi connectivity index (χ2n) is 5.94. The van der Waals surface area contributed by atoms with E-state index in [0.29, 0.717) is 16.3 Å². The molecule has 3 rings (SSSR count). The van der Waals surface area contributed by atoms with Gasteiger partial charge in [0.25, 0.3) is 5.91 Å². The Kier molecular flexibility index (Phi) is 7.14. The van der Waals surface area contributed by atoms with Gasteiger partial charge < -0.3 is 4.74 Å². The molecule has 1 amide bonds. The first-order valence-electron chi connectivity index (χ1n) is 8.31. The van der Waals surface area contributed by atoms with Crippen LogP contribution in [0.1, 0.15) is 44.6 Å². The molecule has 1 aliphatic heterocycles. The monoisotopic (exact) mass is 395 g/mol. The molecule has 0 saturated carbocycles. The van der Waals surface area contributed by atoms with Crippen molar-refractivity contribution in [1.82, 2.24) is 9.88 Å². The summed E-state index contributed by atoms with van der Waals surface area (Å²) >= 11 is 1.54. The van der Waals surface area contributed by atoms with Crippen LogP contribution in [0.25, 0.3) is 0 Å². The number of fused-ring (bicyclic) bond motifs is 1. The molecule has 6 nitrogen and oxygen atoms in total. The Morgan fingerprint density at radius 3 is 2.62 bits per heavy atom. The number of nitrogens with one attached hydrogen (secondary N) is 1. The van der Waals surface area contributed by atoms with Crippen LogP contribution in [0.4, 0.5) is 5.13 Å². The maximum absolute atomic E-state index is 12.4. The van der Waals surface area contributed by atoms with Crippen LogP contribution in [0, 0.1) is 0 Å². The number of methoxy groups -OCH3 is 1. The number of nitrogens with zero attached hydrogens (tertiary/aromatic N) is 2. The van der Waals surface area contributed by atoms with Gasteiger partial charge in [-0.25, -0.2) is 9.78 Å². The number of anilines is 1. The lowest BCUT2D eigenvalue weighted by atomic mass is 10.1. The van der Waals surface area contributed by atoms with Gasteiger partial charge in [0, 0.05) is 30.0 Å². The van der Waals surface area contributed by atoms with Crippen molar-refractivity contribution in [3.63, 3.8) is 0 Å². The second-order valence-corrected chi connectivity index (χ2v) is 7.02. The first-order chi connectivity index (χ1) is 12.1. The summed E-state index contributed by atoms with van der Waals surface area (Å²) in [7, 11) is 1.33. The fraction of sp³-hybridized carbons (Fsp3) is 0.389. The van der Waals surface area contributed by atoms with Crippen molar-refractivity contribution in [2.45, 2.75) is 26.3 Å². The molecule has 0 unspecified atom stereocenters. The summed E-state index contributed by atoms with van der Waals surface area (Å²) in [5, 5.41) is 3.49. The lowest BCUT2D eigenvalue weighted by molar-refractivity contribution is 0.0600. The highest BCUT2D eigenvalue weighted by Gasteiger charge is 2.21. The molecular weight excluding hydrogens is 374 g/mol. The van der Waals surface area contributed by atoms with E-state index in [1.54, 1.807) is 35.6 Å². The Morgan fingerprint density at radius 2 is 1.96 bits per heavy atom. The number of aromatic nitrogens is 1. The summed E-state index contributed by atoms with van der Waals surface area (Å²) < 4.78 is 4.65. The maximum Gasteiger partial charge on any atom is 0.337 e. The average Bonchev–Trinajstić information content (AvgIpc) is 3.03. The van der Waals surface area contributed by atoms with Gasteiger partial charge in [-0.1, -0.05) is 6.92 Å².